The third-order valence-corrected chi connectivity index (χ3v) is 6.35. The molecule has 1 aliphatic heterocycles. The molecule has 0 amide bonds. The summed E-state index contributed by atoms with van der Waals surface area (Å²) in [6.45, 7) is 2.99. The molecule has 0 bridgehead atoms. The van der Waals surface area contributed by atoms with E-state index in [0.29, 0.717) is 12.8 Å². The predicted octanol–water partition coefficient (Wildman–Crippen LogP) is 5.62. The molecule has 0 radical (unpaired) electrons. The molecule has 2 fully saturated rings. The number of carboxylic acids is 1. The van der Waals surface area contributed by atoms with Crippen molar-refractivity contribution in [3.05, 3.63) is 24.3 Å². The lowest BCUT2D eigenvalue weighted by molar-refractivity contribution is -0.195. The summed E-state index contributed by atoms with van der Waals surface area (Å²) in [4.78, 5) is 10.6. The molecule has 5 heteroatoms. The Morgan fingerprint density at radius 1 is 1.03 bits per heavy atom. The van der Waals surface area contributed by atoms with E-state index in [1.165, 1.54) is 19.3 Å². The van der Waals surface area contributed by atoms with E-state index in [4.69, 9.17) is 14.6 Å². The van der Waals surface area contributed by atoms with Crippen LogP contribution < -0.4 is 0 Å². The van der Waals surface area contributed by atoms with E-state index in [1.807, 2.05) is 0 Å². The van der Waals surface area contributed by atoms with E-state index in [-0.39, 0.29) is 36.8 Å². The van der Waals surface area contributed by atoms with Gasteiger partial charge in [-0.1, -0.05) is 44.1 Å². The van der Waals surface area contributed by atoms with Crippen LogP contribution in [0, 0.1) is 11.8 Å². The normalized spacial score (nSPS) is 29.9. The first kappa shape index (κ1) is 25.1. The van der Waals surface area contributed by atoms with Crippen LogP contribution in [0.5, 0.6) is 0 Å². The summed E-state index contributed by atoms with van der Waals surface area (Å²) in [7, 11) is 0. The van der Waals surface area contributed by atoms with Gasteiger partial charge in [0.15, 0.2) is 6.29 Å². The van der Waals surface area contributed by atoms with Crippen molar-refractivity contribution in [2.75, 3.05) is 6.61 Å². The molecular weight excluding hydrogens is 380 g/mol. The standard InChI is InChI=1S/C25H42O5/c1-2-3-4-5-6-10-15-21-20(14-9-7-8-11-16-24(27)28)22(26)19-23(21)30-25-17-12-13-18-29-25/h6-7,9-10,20-23,25-26H,2-5,8,11-19H2,1H3,(H,27,28)/b9-7-,10-6+/t20-,21-,22+,23-,25?/m1/s1. The maximum absolute atomic E-state index is 10.8. The lowest BCUT2D eigenvalue weighted by Gasteiger charge is -2.29. The van der Waals surface area contributed by atoms with Crippen molar-refractivity contribution < 1.29 is 24.5 Å². The first-order chi connectivity index (χ1) is 14.6. The molecule has 2 aliphatic rings. The molecule has 1 saturated carbocycles. The Kier molecular flexibility index (Phi) is 12.4. The van der Waals surface area contributed by atoms with Gasteiger partial charge < -0.3 is 19.7 Å². The second-order valence-electron chi connectivity index (χ2n) is 8.80. The SMILES string of the molecule is CCCCC/C=C/C[C@@H]1[C@@H](C/C=C\CCCC(=O)O)[C@@H](O)C[C@H]1OC1CCCCO1. The van der Waals surface area contributed by atoms with E-state index < -0.39 is 5.97 Å². The van der Waals surface area contributed by atoms with E-state index in [9.17, 15) is 9.90 Å². The fraction of sp³-hybridized carbons (Fsp3) is 0.800. The van der Waals surface area contributed by atoms with Crippen LogP contribution in [0.4, 0.5) is 0 Å². The van der Waals surface area contributed by atoms with Gasteiger partial charge in [-0.3, -0.25) is 4.79 Å². The van der Waals surface area contributed by atoms with Crippen molar-refractivity contribution in [3.8, 4) is 0 Å². The zero-order chi connectivity index (χ0) is 21.6. The number of carboxylic acid groups (broad SMARTS) is 1. The Labute approximate surface area is 182 Å². The average molecular weight is 423 g/mol. The molecule has 0 aromatic rings. The molecule has 0 spiro atoms. The molecule has 2 rings (SSSR count). The predicted molar refractivity (Wildman–Crippen MR) is 119 cm³/mol. The summed E-state index contributed by atoms with van der Waals surface area (Å²) >= 11 is 0. The highest BCUT2D eigenvalue weighted by atomic mass is 16.7. The quantitative estimate of drug-likeness (QED) is 0.280. The van der Waals surface area contributed by atoms with Crippen LogP contribution in [-0.2, 0) is 14.3 Å². The van der Waals surface area contributed by atoms with Gasteiger partial charge in [0.25, 0.3) is 0 Å². The second kappa shape index (κ2) is 14.8. The number of aliphatic hydroxyl groups is 1. The van der Waals surface area contributed by atoms with Gasteiger partial charge in [0.05, 0.1) is 12.2 Å². The van der Waals surface area contributed by atoms with Gasteiger partial charge in [0.2, 0.25) is 0 Å². The van der Waals surface area contributed by atoms with Gasteiger partial charge in [-0.05, 0) is 69.6 Å². The third-order valence-electron chi connectivity index (χ3n) is 6.35. The van der Waals surface area contributed by atoms with Crippen LogP contribution >= 0.6 is 0 Å². The minimum atomic E-state index is -0.745. The number of hydrogen-bond acceptors (Lipinski definition) is 4. The molecule has 0 aromatic carbocycles. The Morgan fingerprint density at radius 3 is 2.43 bits per heavy atom. The van der Waals surface area contributed by atoms with E-state index in [1.54, 1.807) is 0 Å². The Hall–Kier alpha value is -1.17. The molecule has 1 heterocycles. The van der Waals surface area contributed by atoms with Gasteiger partial charge in [-0.25, -0.2) is 0 Å². The number of unbranched alkanes of at least 4 members (excludes halogenated alkanes) is 4. The largest absolute Gasteiger partial charge is 0.481 e. The number of allylic oxidation sites excluding steroid dienone is 4. The first-order valence-corrected chi connectivity index (χ1v) is 12.1. The van der Waals surface area contributed by atoms with Crippen LogP contribution in [0.2, 0.25) is 0 Å². The van der Waals surface area contributed by atoms with Gasteiger partial charge >= 0.3 is 5.97 Å². The summed E-state index contributed by atoms with van der Waals surface area (Å²) in [5.41, 5.74) is 0. The summed E-state index contributed by atoms with van der Waals surface area (Å²) in [5.74, 6) is -0.281. The maximum atomic E-state index is 10.8. The minimum Gasteiger partial charge on any atom is -0.481 e. The van der Waals surface area contributed by atoms with Crippen LogP contribution in [-0.4, -0.2) is 41.3 Å². The summed E-state index contributed by atoms with van der Waals surface area (Å²) < 4.78 is 12.1. The highest BCUT2D eigenvalue weighted by Crippen LogP contribution is 2.40. The van der Waals surface area contributed by atoms with E-state index >= 15 is 0 Å². The summed E-state index contributed by atoms with van der Waals surface area (Å²) in [6.07, 6.45) is 20.4. The molecule has 0 aromatic heterocycles. The van der Waals surface area contributed by atoms with E-state index in [2.05, 4.69) is 31.2 Å². The smallest absolute Gasteiger partial charge is 0.303 e. The molecule has 1 saturated heterocycles. The molecular formula is C25H42O5. The number of ether oxygens (including phenoxy) is 2. The number of aliphatic carboxylic acids is 1. The van der Waals surface area contributed by atoms with Gasteiger partial charge in [0, 0.05) is 19.4 Å². The molecule has 5 atom stereocenters. The molecule has 1 aliphatic carbocycles. The topological polar surface area (TPSA) is 76.0 Å². The van der Waals surface area contributed by atoms with Gasteiger partial charge in [0.1, 0.15) is 0 Å². The highest BCUT2D eigenvalue weighted by molar-refractivity contribution is 5.66. The van der Waals surface area contributed by atoms with Gasteiger partial charge in [-0.15, -0.1) is 0 Å². The molecule has 5 nitrogen and oxygen atoms in total. The molecule has 172 valence electrons. The lowest BCUT2D eigenvalue weighted by atomic mass is 9.87. The minimum absolute atomic E-state index is 0.0359. The number of carbonyl (C=O) groups is 1. The Morgan fingerprint density at radius 2 is 1.77 bits per heavy atom. The van der Waals surface area contributed by atoms with Crippen molar-refractivity contribution >= 4 is 5.97 Å². The van der Waals surface area contributed by atoms with Crippen molar-refractivity contribution in [1.29, 1.82) is 0 Å². The Bertz CT molecular complexity index is 524. The van der Waals surface area contributed by atoms with Crippen LogP contribution in [0.25, 0.3) is 0 Å². The highest BCUT2D eigenvalue weighted by Gasteiger charge is 2.42. The number of rotatable bonds is 14. The van der Waals surface area contributed by atoms with Crippen LogP contribution in [0.1, 0.15) is 90.4 Å². The fourth-order valence-corrected chi connectivity index (χ4v) is 4.60. The van der Waals surface area contributed by atoms with Crippen molar-refractivity contribution in [2.24, 2.45) is 11.8 Å². The lowest BCUT2D eigenvalue weighted by Crippen LogP contribution is -2.31. The molecule has 1 unspecified atom stereocenters. The van der Waals surface area contributed by atoms with Crippen LogP contribution in [0.15, 0.2) is 24.3 Å². The second-order valence-corrected chi connectivity index (χ2v) is 8.80. The Balaban J connectivity index is 1.89. The van der Waals surface area contributed by atoms with Crippen molar-refractivity contribution in [2.45, 2.75) is 109 Å². The average Bonchev–Trinajstić information content (AvgIpc) is 3.02. The monoisotopic (exact) mass is 422 g/mol. The first-order valence-electron chi connectivity index (χ1n) is 12.1. The molecule has 2 N–H and O–H groups in total. The molecule has 30 heavy (non-hydrogen) atoms. The zero-order valence-corrected chi connectivity index (χ0v) is 18.7. The van der Waals surface area contributed by atoms with E-state index in [0.717, 1.165) is 51.6 Å². The zero-order valence-electron chi connectivity index (χ0n) is 18.7. The summed E-state index contributed by atoms with van der Waals surface area (Å²) in [5, 5.41) is 19.5. The summed E-state index contributed by atoms with van der Waals surface area (Å²) in [6, 6.07) is 0. The number of hydrogen-bond donors (Lipinski definition) is 2. The van der Waals surface area contributed by atoms with Gasteiger partial charge in [-0.2, -0.15) is 0 Å². The fourth-order valence-electron chi connectivity index (χ4n) is 4.60. The number of aliphatic hydroxyl groups excluding tert-OH is 1. The van der Waals surface area contributed by atoms with Crippen molar-refractivity contribution in [3.63, 3.8) is 0 Å². The third kappa shape index (κ3) is 9.32. The van der Waals surface area contributed by atoms with Crippen LogP contribution in [0.3, 0.4) is 0 Å². The van der Waals surface area contributed by atoms with Crippen molar-refractivity contribution in [1.82, 2.24) is 0 Å². The maximum Gasteiger partial charge on any atom is 0.303 e.